The lowest BCUT2D eigenvalue weighted by atomic mass is 10.3. The maximum absolute atomic E-state index is 10.3. The summed E-state index contributed by atoms with van der Waals surface area (Å²) < 4.78 is 0. The number of rotatable bonds is 0. The zero-order valence-corrected chi connectivity index (χ0v) is 4.10. The Bertz CT molecular complexity index is 116. The fourth-order valence-electron chi connectivity index (χ4n) is 0.421. The van der Waals surface area contributed by atoms with Crippen molar-refractivity contribution in [1.29, 1.82) is 0 Å². The molecule has 1 amide bonds. The Labute approximate surface area is 46.3 Å². The van der Waals surface area contributed by atoms with Crippen LogP contribution in [0.4, 0.5) is 0 Å². The van der Waals surface area contributed by atoms with E-state index in [0.717, 1.165) is 0 Å². The smallest absolute Gasteiger partial charge is 0.290 e. The molecule has 0 spiro atoms. The summed E-state index contributed by atoms with van der Waals surface area (Å²) in [6, 6.07) is 0. The first kappa shape index (κ1) is 5.24. The molecule has 0 aromatic heterocycles. The summed E-state index contributed by atoms with van der Waals surface area (Å²) in [5, 5.41) is 4.77. The highest BCUT2D eigenvalue weighted by atomic mass is 16.2. The van der Waals surface area contributed by atoms with Gasteiger partial charge in [-0.05, 0) is 0 Å². The minimum atomic E-state index is -0.538. The van der Waals surface area contributed by atoms with Crippen molar-refractivity contribution in [2.45, 2.75) is 0 Å². The summed E-state index contributed by atoms with van der Waals surface area (Å²) in [5.74, 6) is -0.962. The van der Waals surface area contributed by atoms with Gasteiger partial charge in [-0.3, -0.25) is 14.9 Å². The minimum absolute atomic E-state index is 0.117. The van der Waals surface area contributed by atoms with Gasteiger partial charge in [0, 0.05) is 0 Å². The van der Waals surface area contributed by atoms with Gasteiger partial charge in [0.05, 0.1) is 6.54 Å². The molecule has 1 aliphatic rings. The Kier molecular flexibility index (Phi) is 1.26. The second-order valence-electron chi connectivity index (χ2n) is 1.42. The SMILES string of the molecule is O=C1CN[CH]NC1=O. The molecule has 0 bridgehead atoms. The van der Waals surface area contributed by atoms with E-state index in [9.17, 15) is 9.59 Å². The third-order valence-electron chi connectivity index (χ3n) is 0.821. The van der Waals surface area contributed by atoms with E-state index in [-0.39, 0.29) is 6.54 Å². The predicted octanol–water partition coefficient (Wildman–Crippen LogP) is -1.61. The molecule has 1 rings (SSSR count). The number of Topliss-reactive ketones (excluding diaryl/α,β-unsaturated/α-hetero) is 1. The highest BCUT2D eigenvalue weighted by Crippen LogP contribution is 1.78. The molecule has 1 aliphatic heterocycles. The molecule has 2 N–H and O–H groups in total. The lowest BCUT2D eigenvalue weighted by Crippen LogP contribution is -2.45. The number of carbonyl (C=O) groups excluding carboxylic acids is 2. The van der Waals surface area contributed by atoms with Crippen LogP contribution >= 0.6 is 0 Å². The van der Waals surface area contributed by atoms with Gasteiger partial charge in [0.2, 0.25) is 5.78 Å². The monoisotopic (exact) mass is 113 g/mol. The molecule has 0 atom stereocenters. The van der Waals surface area contributed by atoms with Crippen LogP contribution in [0.3, 0.4) is 0 Å². The van der Waals surface area contributed by atoms with Crippen molar-refractivity contribution in [2.75, 3.05) is 6.54 Å². The van der Waals surface area contributed by atoms with Crippen molar-refractivity contribution >= 4 is 11.7 Å². The number of hydrogen-bond donors (Lipinski definition) is 2. The van der Waals surface area contributed by atoms with Crippen molar-refractivity contribution in [3.8, 4) is 0 Å². The Morgan fingerprint density at radius 3 is 2.62 bits per heavy atom. The van der Waals surface area contributed by atoms with Crippen LogP contribution in [-0.2, 0) is 9.59 Å². The van der Waals surface area contributed by atoms with Gasteiger partial charge in [-0.25, -0.2) is 0 Å². The van der Waals surface area contributed by atoms with E-state index in [1.54, 1.807) is 0 Å². The Balaban J connectivity index is 2.52. The molecule has 0 saturated carbocycles. The predicted molar refractivity (Wildman–Crippen MR) is 25.5 cm³/mol. The normalized spacial score (nSPS) is 20.5. The van der Waals surface area contributed by atoms with Crippen molar-refractivity contribution in [2.24, 2.45) is 0 Å². The number of carbonyl (C=O) groups is 2. The van der Waals surface area contributed by atoms with Crippen LogP contribution in [0.15, 0.2) is 0 Å². The molecule has 1 fully saturated rings. The molecular weight excluding hydrogens is 108 g/mol. The molecule has 0 aromatic carbocycles. The molecule has 1 saturated heterocycles. The van der Waals surface area contributed by atoms with Crippen LogP contribution in [-0.4, -0.2) is 18.2 Å². The maximum Gasteiger partial charge on any atom is 0.290 e. The van der Waals surface area contributed by atoms with Gasteiger partial charge < -0.3 is 5.32 Å². The van der Waals surface area contributed by atoms with Gasteiger partial charge in [-0.1, -0.05) is 0 Å². The van der Waals surface area contributed by atoms with Crippen molar-refractivity contribution in [1.82, 2.24) is 10.6 Å². The summed E-state index contributed by atoms with van der Waals surface area (Å²) in [5.41, 5.74) is 0. The first-order valence-corrected chi connectivity index (χ1v) is 2.19. The molecule has 0 aromatic rings. The van der Waals surface area contributed by atoms with Crippen molar-refractivity contribution < 1.29 is 9.59 Å². The summed E-state index contributed by atoms with van der Waals surface area (Å²) in [6.07, 6.45) is 0. The fraction of sp³-hybridized carbons (Fsp3) is 0.250. The van der Waals surface area contributed by atoms with Gasteiger partial charge in [-0.2, -0.15) is 0 Å². The van der Waals surface area contributed by atoms with Crippen LogP contribution in [0, 0.1) is 6.67 Å². The van der Waals surface area contributed by atoms with Crippen LogP contribution in [0.1, 0.15) is 0 Å². The van der Waals surface area contributed by atoms with E-state index in [0.29, 0.717) is 0 Å². The topological polar surface area (TPSA) is 58.2 Å². The summed E-state index contributed by atoms with van der Waals surface area (Å²) >= 11 is 0. The molecule has 1 radical (unpaired) electrons. The standard InChI is InChI=1S/C4H5N2O2/c7-3-1-5-2-6-4(3)8/h2,5H,1H2,(H,6,8). The van der Waals surface area contributed by atoms with E-state index < -0.39 is 11.7 Å². The lowest BCUT2D eigenvalue weighted by molar-refractivity contribution is -0.138. The molecule has 43 valence electrons. The minimum Gasteiger partial charge on any atom is -0.331 e. The molecular formula is C4H5N2O2. The largest absolute Gasteiger partial charge is 0.331 e. The number of nitrogens with one attached hydrogen (secondary N) is 2. The Morgan fingerprint density at radius 1 is 1.50 bits per heavy atom. The molecule has 8 heavy (non-hydrogen) atoms. The number of hydrogen-bond acceptors (Lipinski definition) is 3. The average Bonchev–Trinajstić information content (AvgIpc) is 1.77. The van der Waals surface area contributed by atoms with Crippen LogP contribution < -0.4 is 10.6 Å². The molecule has 4 nitrogen and oxygen atoms in total. The first-order chi connectivity index (χ1) is 3.80. The Morgan fingerprint density at radius 2 is 2.25 bits per heavy atom. The second-order valence-corrected chi connectivity index (χ2v) is 1.42. The summed E-state index contributed by atoms with van der Waals surface area (Å²) in [4.78, 5) is 20.6. The average molecular weight is 113 g/mol. The number of amides is 1. The third kappa shape index (κ3) is 0.840. The zero-order valence-electron chi connectivity index (χ0n) is 4.10. The van der Waals surface area contributed by atoms with Gasteiger partial charge in [-0.15, -0.1) is 0 Å². The number of ketones is 1. The van der Waals surface area contributed by atoms with Crippen LogP contribution in [0.2, 0.25) is 0 Å². The van der Waals surface area contributed by atoms with E-state index in [4.69, 9.17) is 0 Å². The molecule has 1 heterocycles. The van der Waals surface area contributed by atoms with E-state index in [1.807, 2.05) is 0 Å². The second kappa shape index (κ2) is 1.92. The first-order valence-electron chi connectivity index (χ1n) is 2.19. The van der Waals surface area contributed by atoms with E-state index in [2.05, 4.69) is 10.6 Å². The molecule has 4 heteroatoms. The highest BCUT2D eigenvalue weighted by molar-refractivity contribution is 6.37. The van der Waals surface area contributed by atoms with Crippen LogP contribution in [0.25, 0.3) is 0 Å². The van der Waals surface area contributed by atoms with Gasteiger partial charge in [0.15, 0.2) is 0 Å². The fourth-order valence-corrected chi connectivity index (χ4v) is 0.421. The van der Waals surface area contributed by atoms with Gasteiger partial charge in [0.1, 0.15) is 6.67 Å². The Hall–Kier alpha value is -0.900. The van der Waals surface area contributed by atoms with E-state index >= 15 is 0 Å². The van der Waals surface area contributed by atoms with Crippen molar-refractivity contribution in [3.05, 3.63) is 6.67 Å². The van der Waals surface area contributed by atoms with Gasteiger partial charge >= 0.3 is 0 Å². The van der Waals surface area contributed by atoms with E-state index in [1.165, 1.54) is 6.67 Å². The van der Waals surface area contributed by atoms with Crippen LogP contribution in [0.5, 0.6) is 0 Å². The van der Waals surface area contributed by atoms with Crippen molar-refractivity contribution in [3.63, 3.8) is 0 Å². The summed E-state index contributed by atoms with van der Waals surface area (Å²) in [7, 11) is 0. The summed E-state index contributed by atoms with van der Waals surface area (Å²) in [6.45, 7) is 1.47. The zero-order chi connectivity index (χ0) is 5.98. The highest BCUT2D eigenvalue weighted by Gasteiger charge is 2.16. The quantitative estimate of drug-likeness (QED) is 0.372. The van der Waals surface area contributed by atoms with Gasteiger partial charge in [0.25, 0.3) is 5.91 Å². The lowest BCUT2D eigenvalue weighted by Gasteiger charge is -2.09. The maximum atomic E-state index is 10.3. The molecule has 0 unspecified atom stereocenters. The molecule has 0 aliphatic carbocycles. The third-order valence-corrected chi connectivity index (χ3v) is 0.821.